The van der Waals surface area contributed by atoms with E-state index in [2.05, 4.69) is 12.1 Å². The Hall–Kier alpha value is -1.35. The molecule has 0 spiro atoms. The molecule has 0 atom stereocenters. The maximum atomic E-state index is 13.0. The highest BCUT2D eigenvalue weighted by Gasteiger charge is 2.44. The van der Waals surface area contributed by atoms with Crippen LogP contribution in [-0.4, -0.2) is 35.6 Å². The first-order valence-electron chi connectivity index (χ1n) is 7.70. The summed E-state index contributed by atoms with van der Waals surface area (Å²) in [7, 11) is 0. The number of carbonyl (C=O) groups is 1. The van der Waals surface area contributed by atoms with Crippen LogP contribution in [0.25, 0.3) is 0 Å². The van der Waals surface area contributed by atoms with Crippen molar-refractivity contribution in [2.24, 2.45) is 0 Å². The van der Waals surface area contributed by atoms with Gasteiger partial charge in [0.2, 0.25) is 5.91 Å². The number of carbonyl (C=O) groups excluding carboxylic acids is 1. The molecule has 2 rings (SSSR count). The molecule has 0 unspecified atom stereocenters. The van der Waals surface area contributed by atoms with E-state index >= 15 is 0 Å². The van der Waals surface area contributed by atoms with Gasteiger partial charge in [0.1, 0.15) is 0 Å². The molecule has 0 aliphatic heterocycles. The van der Waals surface area contributed by atoms with E-state index in [4.69, 9.17) is 5.11 Å². The van der Waals surface area contributed by atoms with E-state index in [-0.39, 0.29) is 17.9 Å². The normalized spacial score (nSPS) is 17.1. The van der Waals surface area contributed by atoms with Gasteiger partial charge in [0.25, 0.3) is 0 Å². The number of hydrogen-bond donors (Lipinski definition) is 1. The zero-order valence-electron chi connectivity index (χ0n) is 12.3. The van der Waals surface area contributed by atoms with Crippen molar-refractivity contribution >= 4 is 5.91 Å². The third-order valence-electron chi connectivity index (χ3n) is 4.45. The molecule has 0 aromatic heterocycles. The van der Waals surface area contributed by atoms with Gasteiger partial charge in [-0.2, -0.15) is 0 Å². The SMILES string of the molecule is CCN(CCCO)C(=O)C1(c2ccccc2)CCCC1. The second kappa shape index (κ2) is 6.89. The summed E-state index contributed by atoms with van der Waals surface area (Å²) in [6, 6.07) is 10.2. The minimum atomic E-state index is -0.327. The van der Waals surface area contributed by atoms with Crippen LogP contribution >= 0.6 is 0 Å². The van der Waals surface area contributed by atoms with Crippen molar-refractivity contribution in [2.45, 2.75) is 44.4 Å². The zero-order valence-corrected chi connectivity index (χ0v) is 12.3. The van der Waals surface area contributed by atoms with E-state index in [1.165, 1.54) is 0 Å². The molecule has 3 nitrogen and oxygen atoms in total. The highest BCUT2D eigenvalue weighted by molar-refractivity contribution is 5.88. The van der Waals surface area contributed by atoms with Gasteiger partial charge in [-0.25, -0.2) is 0 Å². The smallest absolute Gasteiger partial charge is 0.233 e. The predicted molar refractivity (Wildman–Crippen MR) is 80.5 cm³/mol. The van der Waals surface area contributed by atoms with Crippen molar-refractivity contribution in [3.63, 3.8) is 0 Å². The lowest BCUT2D eigenvalue weighted by Crippen LogP contribution is -2.46. The number of rotatable bonds is 6. The molecule has 20 heavy (non-hydrogen) atoms. The van der Waals surface area contributed by atoms with Gasteiger partial charge in [-0.3, -0.25) is 4.79 Å². The molecule has 0 heterocycles. The largest absolute Gasteiger partial charge is 0.396 e. The third-order valence-corrected chi connectivity index (χ3v) is 4.45. The van der Waals surface area contributed by atoms with Gasteiger partial charge in [0, 0.05) is 19.7 Å². The first-order chi connectivity index (χ1) is 9.74. The molecule has 1 N–H and O–H groups in total. The van der Waals surface area contributed by atoms with Crippen LogP contribution in [0.1, 0.15) is 44.6 Å². The van der Waals surface area contributed by atoms with Crippen LogP contribution in [0.2, 0.25) is 0 Å². The Kier molecular flexibility index (Phi) is 5.18. The summed E-state index contributed by atoms with van der Waals surface area (Å²) >= 11 is 0. The molecular formula is C17H25NO2. The predicted octanol–water partition coefficient (Wildman–Crippen LogP) is 2.73. The van der Waals surface area contributed by atoms with E-state index in [0.29, 0.717) is 19.5 Å². The lowest BCUT2D eigenvalue weighted by Gasteiger charge is -2.34. The summed E-state index contributed by atoms with van der Waals surface area (Å²) in [5.74, 6) is 0.247. The third kappa shape index (κ3) is 2.88. The second-order valence-corrected chi connectivity index (χ2v) is 5.62. The van der Waals surface area contributed by atoms with Crippen LogP contribution in [-0.2, 0) is 10.2 Å². The monoisotopic (exact) mass is 275 g/mol. The fraction of sp³-hybridized carbons (Fsp3) is 0.588. The molecule has 0 radical (unpaired) electrons. The van der Waals surface area contributed by atoms with E-state index in [0.717, 1.165) is 31.2 Å². The Morgan fingerprint density at radius 1 is 1.25 bits per heavy atom. The number of likely N-dealkylation sites (N-methyl/N-ethyl adjacent to an activating group) is 1. The van der Waals surface area contributed by atoms with Crippen LogP contribution in [0.3, 0.4) is 0 Å². The van der Waals surface area contributed by atoms with Gasteiger partial charge in [0.15, 0.2) is 0 Å². The Balaban J connectivity index is 2.26. The first-order valence-corrected chi connectivity index (χ1v) is 7.70. The van der Waals surface area contributed by atoms with E-state index < -0.39 is 0 Å². The zero-order chi connectivity index (χ0) is 14.4. The summed E-state index contributed by atoms with van der Waals surface area (Å²) in [6.45, 7) is 3.53. The number of benzene rings is 1. The van der Waals surface area contributed by atoms with Crippen molar-refractivity contribution in [1.82, 2.24) is 4.90 Å². The number of aliphatic hydroxyl groups excluding tert-OH is 1. The van der Waals surface area contributed by atoms with Crippen LogP contribution in [0.15, 0.2) is 30.3 Å². The van der Waals surface area contributed by atoms with Gasteiger partial charge in [-0.1, -0.05) is 43.2 Å². The number of hydrogen-bond acceptors (Lipinski definition) is 2. The number of aliphatic hydroxyl groups is 1. The number of nitrogens with zero attached hydrogens (tertiary/aromatic N) is 1. The molecule has 110 valence electrons. The number of amides is 1. The van der Waals surface area contributed by atoms with Gasteiger partial charge >= 0.3 is 0 Å². The van der Waals surface area contributed by atoms with Crippen LogP contribution in [0.4, 0.5) is 0 Å². The van der Waals surface area contributed by atoms with Gasteiger partial charge in [-0.05, 0) is 31.7 Å². The quantitative estimate of drug-likeness (QED) is 0.867. The summed E-state index contributed by atoms with van der Waals surface area (Å²) in [6.07, 6.45) is 4.80. The van der Waals surface area contributed by atoms with Crippen molar-refractivity contribution < 1.29 is 9.90 Å². The molecule has 1 saturated carbocycles. The summed E-state index contributed by atoms with van der Waals surface area (Å²) in [4.78, 5) is 15.0. The van der Waals surface area contributed by atoms with E-state index in [9.17, 15) is 4.79 Å². The fourth-order valence-corrected chi connectivity index (χ4v) is 3.33. The molecule has 0 saturated heterocycles. The summed E-state index contributed by atoms with van der Waals surface area (Å²) in [5, 5.41) is 9.00. The highest BCUT2D eigenvalue weighted by Crippen LogP contribution is 2.42. The van der Waals surface area contributed by atoms with Gasteiger partial charge in [-0.15, -0.1) is 0 Å². The molecule has 1 aliphatic carbocycles. The summed E-state index contributed by atoms with van der Waals surface area (Å²) in [5.41, 5.74) is 0.831. The van der Waals surface area contributed by atoms with Crippen LogP contribution in [0, 0.1) is 0 Å². The van der Waals surface area contributed by atoms with E-state index in [1.54, 1.807) is 0 Å². The second-order valence-electron chi connectivity index (χ2n) is 5.62. The van der Waals surface area contributed by atoms with Crippen molar-refractivity contribution in [2.75, 3.05) is 19.7 Å². The fourth-order valence-electron chi connectivity index (χ4n) is 3.33. The van der Waals surface area contributed by atoms with Crippen molar-refractivity contribution in [1.29, 1.82) is 0 Å². The Morgan fingerprint density at radius 3 is 2.45 bits per heavy atom. The van der Waals surface area contributed by atoms with Gasteiger partial charge < -0.3 is 10.0 Å². The molecule has 3 heteroatoms. The minimum absolute atomic E-state index is 0.141. The topological polar surface area (TPSA) is 40.5 Å². The van der Waals surface area contributed by atoms with Crippen LogP contribution < -0.4 is 0 Å². The standard InChI is InChI=1S/C17H25NO2/c1-2-18(13-8-14-19)16(20)17(11-6-7-12-17)15-9-4-3-5-10-15/h3-5,9-10,19H,2,6-8,11-14H2,1H3. The summed E-state index contributed by atoms with van der Waals surface area (Å²) < 4.78 is 0. The van der Waals surface area contributed by atoms with Gasteiger partial charge in [0.05, 0.1) is 5.41 Å². The Labute approximate surface area is 121 Å². The molecular weight excluding hydrogens is 250 g/mol. The Bertz CT molecular complexity index is 424. The molecule has 1 aromatic rings. The maximum absolute atomic E-state index is 13.0. The maximum Gasteiger partial charge on any atom is 0.233 e. The van der Waals surface area contributed by atoms with E-state index in [1.807, 2.05) is 30.0 Å². The van der Waals surface area contributed by atoms with Crippen molar-refractivity contribution in [3.05, 3.63) is 35.9 Å². The molecule has 1 aliphatic rings. The lowest BCUT2D eigenvalue weighted by molar-refractivity contribution is -0.137. The molecule has 0 bridgehead atoms. The lowest BCUT2D eigenvalue weighted by atomic mass is 9.77. The average molecular weight is 275 g/mol. The average Bonchev–Trinajstić information content (AvgIpc) is 2.99. The molecule has 1 fully saturated rings. The molecule has 1 aromatic carbocycles. The van der Waals surface area contributed by atoms with Crippen LogP contribution in [0.5, 0.6) is 0 Å². The highest BCUT2D eigenvalue weighted by atomic mass is 16.3. The Morgan fingerprint density at radius 2 is 1.90 bits per heavy atom. The molecule has 1 amide bonds. The first kappa shape index (κ1) is 15.0. The van der Waals surface area contributed by atoms with Crippen molar-refractivity contribution in [3.8, 4) is 0 Å². The minimum Gasteiger partial charge on any atom is -0.396 e.